The molecule has 0 fully saturated rings. The second-order valence-corrected chi connectivity index (χ2v) is 6.80. The maximum absolute atomic E-state index is 5.58. The van der Waals surface area contributed by atoms with E-state index in [-0.39, 0.29) is 24.0 Å². The number of benzene rings is 2. The first-order chi connectivity index (χ1) is 14.2. The van der Waals surface area contributed by atoms with Gasteiger partial charge in [0.1, 0.15) is 18.1 Å². The van der Waals surface area contributed by atoms with Gasteiger partial charge >= 0.3 is 0 Å². The van der Waals surface area contributed by atoms with Gasteiger partial charge in [0.05, 0.1) is 13.7 Å². The van der Waals surface area contributed by atoms with E-state index in [0.29, 0.717) is 25.7 Å². The minimum atomic E-state index is 0. The number of aliphatic imine (C=N–C) groups is 1. The molecule has 0 spiro atoms. The molecule has 0 bridgehead atoms. The summed E-state index contributed by atoms with van der Waals surface area (Å²) in [6, 6.07) is 16.3. The van der Waals surface area contributed by atoms with Crippen LogP contribution in [-0.4, -0.2) is 47.0 Å². The van der Waals surface area contributed by atoms with E-state index < -0.39 is 0 Å². The monoisotopic (exact) mass is 527 g/mol. The molecule has 0 saturated heterocycles. The van der Waals surface area contributed by atoms with Crippen molar-refractivity contribution in [2.24, 2.45) is 4.99 Å². The zero-order chi connectivity index (χ0) is 20.9. The van der Waals surface area contributed by atoms with Crippen LogP contribution in [0.25, 0.3) is 0 Å². The Balaban J connectivity index is 0.00000450. The third-order valence-corrected chi connectivity index (χ3v) is 4.72. The van der Waals surface area contributed by atoms with Gasteiger partial charge < -0.3 is 24.8 Å². The lowest BCUT2D eigenvalue weighted by Gasteiger charge is -2.16. The topological polar surface area (TPSA) is 64.1 Å². The van der Waals surface area contributed by atoms with Crippen LogP contribution in [0.1, 0.15) is 30.4 Å². The standard InChI is InChI=1S/C23H33N3O3.HI/c1-18(20-7-11-21(28-4)12-8-20)13-14-25-23(24-2)26-17-19-5-9-22(10-6-19)29-16-15-27-3;/h5-12,18H,13-17H2,1-4H3,(H2,24,25,26);1H. The van der Waals surface area contributed by atoms with Gasteiger partial charge in [-0.1, -0.05) is 31.2 Å². The number of halogens is 1. The van der Waals surface area contributed by atoms with E-state index in [2.05, 4.69) is 34.7 Å². The molecule has 0 amide bonds. The summed E-state index contributed by atoms with van der Waals surface area (Å²) in [6.45, 7) is 4.92. The SMILES string of the molecule is CN=C(NCCC(C)c1ccc(OC)cc1)NCc1ccc(OCCOC)cc1.I. The Morgan fingerprint density at radius 2 is 1.60 bits per heavy atom. The van der Waals surface area contributed by atoms with Gasteiger partial charge in [0.2, 0.25) is 0 Å². The molecule has 0 aliphatic heterocycles. The van der Waals surface area contributed by atoms with Crippen molar-refractivity contribution in [1.29, 1.82) is 0 Å². The highest BCUT2D eigenvalue weighted by Crippen LogP contribution is 2.21. The minimum absolute atomic E-state index is 0. The fourth-order valence-corrected chi connectivity index (χ4v) is 2.86. The highest BCUT2D eigenvalue weighted by molar-refractivity contribution is 14.0. The van der Waals surface area contributed by atoms with E-state index >= 15 is 0 Å². The number of guanidine groups is 1. The van der Waals surface area contributed by atoms with Crippen LogP contribution in [0.2, 0.25) is 0 Å². The van der Waals surface area contributed by atoms with Crippen molar-refractivity contribution in [2.45, 2.75) is 25.8 Å². The van der Waals surface area contributed by atoms with Gasteiger partial charge in [-0.05, 0) is 47.7 Å². The quantitative estimate of drug-likeness (QED) is 0.199. The number of hydrogen-bond donors (Lipinski definition) is 2. The molecule has 0 aliphatic rings. The van der Waals surface area contributed by atoms with Crippen molar-refractivity contribution < 1.29 is 14.2 Å². The predicted molar refractivity (Wildman–Crippen MR) is 133 cm³/mol. The summed E-state index contributed by atoms with van der Waals surface area (Å²) in [5.41, 5.74) is 2.47. The fourth-order valence-electron chi connectivity index (χ4n) is 2.86. The number of hydrogen-bond acceptors (Lipinski definition) is 4. The Labute approximate surface area is 197 Å². The van der Waals surface area contributed by atoms with Gasteiger partial charge in [-0.3, -0.25) is 4.99 Å². The number of nitrogens with one attached hydrogen (secondary N) is 2. The van der Waals surface area contributed by atoms with Crippen molar-refractivity contribution in [2.75, 3.05) is 41.0 Å². The molecule has 0 aromatic heterocycles. The minimum Gasteiger partial charge on any atom is -0.497 e. The molecule has 0 saturated carbocycles. The lowest BCUT2D eigenvalue weighted by atomic mass is 9.98. The van der Waals surface area contributed by atoms with Crippen molar-refractivity contribution in [3.8, 4) is 11.5 Å². The smallest absolute Gasteiger partial charge is 0.191 e. The Kier molecular flexibility index (Phi) is 12.9. The summed E-state index contributed by atoms with van der Waals surface area (Å²) in [4.78, 5) is 4.30. The summed E-state index contributed by atoms with van der Waals surface area (Å²) >= 11 is 0. The molecule has 30 heavy (non-hydrogen) atoms. The maximum Gasteiger partial charge on any atom is 0.191 e. The largest absolute Gasteiger partial charge is 0.497 e. The average Bonchev–Trinajstić information content (AvgIpc) is 2.77. The first-order valence-corrected chi connectivity index (χ1v) is 9.95. The Morgan fingerprint density at radius 3 is 2.20 bits per heavy atom. The molecule has 1 atom stereocenters. The highest BCUT2D eigenvalue weighted by atomic mass is 127. The Morgan fingerprint density at radius 1 is 0.933 bits per heavy atom. The lowest BCUT2D eigenvalue weighted by molar-refractivity contribution is 0.146. The molecular weight excluding hydrogens is 493 g/mol. The number of methoxy groups -OCH3 is 2. The highest BCUT2D eigenvalue weighted by Gasteiger charge is 2.06. The van der Waals surface area contributed by atoms with E-state index in [1.54, 1.807) is 21.3 Å². The summed E-state index contributed by atoms with van der Waals surface area (Å²) in [6.07, 6.45) is 1.01. The molecule has 0 heterocycles. The second-order valence-electron chi connectivity index (χ2n) is 6.80. The Bertz CT molecular complexity index is 736. The van der Waals surface area contributed by atoms with Crippen LogP contribution in [0.3, 0.4) is 0 Å². The Hall–Kier alpha value is -2.00. The summed E-state index contributed by atoms with van der Waals surface area (Å²) < 4.78 is 15.8. The van der Waals surface area contributed by atoms with Crippen LogP contribution >= 0.6 is 24.0 Å². The van der Waals surface area contributed by atoms with Crippen LogP contribution < -0.4 is 20.1 Å². The van der Waals surface area contributed by atoms with E-state index in [0.717, 1.165) is 30.4 Å². The van der Waals surface area contributed by atoms with E-state index in [4.69, 9.17) is 14.2 Å². The molecule has 7 heteroatoms. The van der Waals surface area contributed by atoms with Crippen LogP contribution in [-0.2, 0) is 11.3 Å². The van der Waals surface area contributed by atoms with Crippen molar-refractivity contribution in [1.82, 2.24) is 10.6 Å². The third-order valence-electron chi connectivity index (χ3n) is 4.72. The van der Waals surface area contributed by atoms with Gasteiger partial charge in [0, 0.05) is 27.2 Å². The number of ether oxygens (including phenoxy) is 3. The average molecular weight is 527 g/mol. The molecule has 2 aromatic rings. The van der Waals surface area contributed by atoms with Gasteiger partial charge in [-0.2, -0.15) is 0 Å². The molecule has 2 aromatic carbocycles. The van der Waals surface area contributed by atoms with Gasteiger partial charge in [-0.15, -0.1) is 24.0 Å². The van der Waals surface area contributed by atoms with E-state index in [1.165, 1.54) is 11.1 Å². The zero-order valence-corrected chi connectivity index (χ0v) is 20.6. The van der Waals surface area contributed by atoms with Crippen LogP contribution in [0.15, 0.2) is 53.5 Å². The summed E-state index contributed by atoms with van der Waals surface area (Å²) in [5, 5.41) is 6.73. The van der Waals surface area contributed by atoms with Gasteiger partial charge in [-0.25, -0.2) is 0 Å². The summed E-state index contributed by atoms with van der Waals surface area (Å²) in [5.74, 6) is 2.99. The molecule has 2 rings (SSSR count). The van der Waals surface area contributed by atoms with E-state index in [1.807, 2.05) is 36.4 Å². The molecule has 0 radical (unpaired) electrons. The predicted octanol–water partition coefficient (Wildman–Crippen LogP) is 4.20. The zero-order valence-electron chi connectivity index (χ0n) is 18.3. The van der Waals surface area contributed by atoms with Crippen LogP contribution in [0, 0.1) is 0 Å². The molecule has 166 valence electrons. The van der Waals surface area contributed by atoms with E-state index in [9.17, 15) is 0 Å². The summed E-state index contributed by atoms with van der Waals surface area (Å²) in [7, 11) is 5.14. The molecular formula is C23H34IN3O3. The molecule has 2 N–H and O–H groups in total. The number of nitrogens with zero attached hydrogens (tertiary/aromatic N) is 1. The van der Waals surface area contributed by atoms with Gasteiger partial charge in [0.15, 0.2) is 5.96 Å². The van der Waals surface area contributed by atoms with Crippen LogP contribution in [0.4, 0.5) is 0 Å². The molecule has 1 unspecified atom stereocenters. The normalized spacial score (nSPS) is 11.9. The lowest BCUT2D eigenvalue weighted by Crippen LogP contribution is -2.37. The first kappa shape index (κ1) is 26.0. The number of rotatable bonds is 11. The third kappa shape index (κ3) is 9.21. The van der Waals surface area contributed by atoms with Gasteiger partial charge in [0.25, 0.3) is 0 Å². The van der Waals surface area contributed by atoms with Crippen molar-refractivity contribution >= 4 is 29.9 Å². The van der Waals surface area contributed by atoms with Crippen LogP contribution in [0.5, 0.6) is 11.5 Å². The first-order valence-electron chi connectivity index (χ1n) is 9.95. The maximum atomic E-state index is 5.58. The fraction of sp³-hybridized carbons (Fsp3) is 0.435. The van der Waals surface area contributed by atoms with Crippen molar-refractivity contribution in [3.63, 3.8) is 0 Å². The van der Waals surface area contributed by atoms with Crippen molar-refractivity contribution in [3.05, 3.63) is 59.7 Å². The second kappa shape index (κ2) is 14.9. The molecule has 0 aliphatic carbocycles. The molecule has 6 nitrogen and oxygen atoms in total.